The molecule has 2 N–H and O–H groups in total. The minimum absolute atomic E-state index is 0.00848. The average Bonchev–Trinajstić information content (AvgIpc) is 3.37. The maximum absolute atomic E-state index is 16.9. The Balaban J connectivity index is 1.32. The number of fused-ring (bicyclic) bond motifs is 4. The van der Waals surface area contributed by atoms with Crippen LogP contribution in [-0.4, -0.2) is 99.2 Å². The zero-order valence-corrected chi connectivity index (χ0v) is 35.0. The fourth-order valence-corrected chi connectivity index (χ4v) is 7.18. The van der Waals surface area contributed by atoms with Crippen LogP contribution < -0.4 is 20.3 Å². The smallest absolute Gasteiger partial charge is 0.437 e. The van der Waals surface area contributed by atoms with Crippen molar-refractivity contribution in [3.8, 4) is 17.3 Å². The molecule has 58 heavy (non-hydrogen) atoms. The Morgan fingerprint density at radius 1 is 0.897 bits per heavy atom. The third-order valence-corrected chi connectivity index (χ3v) is 9.30. The number of aromatic nitrogens is 3. The number of halogens is 2. The number of benzene rings is 2. The minimum Gasteiger partial charge on any atom is -0.462 e. The number of amides is 3. The van der Waals surface area contributed by atoms with Gasteiger partial charge in [-0.15, -0.1) is 4.99 Å². The summed E-state index contributed by atoms with van der Waals surface area (Å²) >= 11 is 6.63. The number of carbonyl (C=O) groups excluding carboxylic acids is 3. The normalized spacial score (nSPS) is 17.3. The van der Waals surface area contributed by atoms with Crippen molar-refractivity contribution < 1.29 is 37.7 Å². The quantitative estimate of drug-likeness (QED) is 0.0833. The van der Waals surface area contributed by atoms with E-state index in [1.54, 1.807) is 64.8 Å². The molecule has 2 aliphatic rings. The fraction of sp³-hybridized carbons (Fsp3) is 0.488. The van der Waals surface area contributed by atoms with Crippen molar-refractivity contribution in [3.05, 3.63) is 53.4 Å². The first-order chi connectivity index (χ1) is 27.2. The molecule has 3 amide bonds. The number of anilines is 1. The van der Waals surface area contributed by atoms with Gasteiger partial charge in [0.05, 0.1) is 24.0 Å². The van der Waals surface area contributed by atoms with Crippen molar-refractivity contribution in [1.82, 2.24) is 30.5 Å². The van der Waals surface area contributed by atoms with E-state index in [1.807, 2.05) is 49.9 Å². The summed E-state index contributed by atoms with van der Waals surface area (Å²) in [5.74, 6) is -0.539. The van der Waals surface area contributed by atoms with Gasteiger partial charge in [0.15, 0.2) is 5.82 Å². The lowest BCUT2D eigenvalue weighted by Gasteiger charge is -2.42. The molecule has 310 valence electrons. The lowest BCUT2D eigenvalue weighted by Crippen LogP contribution is -2.57. The van der Waals surface area contributed by atoms with E-state index >= 15 is 4.39 Å². The maximum atomic E-state index is 16.9. The van der Waals surface area contributed by atoms with E-state index in [4.69, 9.17) is 35.5 Å². The SMILES string of the molecule is CC(C)(C)OC(=O)/N=C(/NCCOc1nc(N2CC3CCC(C2)N3C(=O)OC(C)(C)C)c2cnc(-c3cccc4cccc(Cl)c34)c(F)c2n1)NC(=O)OC(C)(C)C. The van der Waals surface area contributed by atoms with Crippen molar-refractivity contribution in [3.63, 3.8) is 0 Å². The predicted octanol–water partition coefficient (Wildman–Crippen LogP) is 8.01. The molecule has 2 bridgehead atoms. The zero-order chi connectivity index (χ0) is 42.2. The summed E-state index contributed by atoms with van der Waals surface area (Å²) < 4.78 is 39.3. The van der Waals surface area contributed by atoms with Gasteiger partial charge < -0.3 is 29.2 Å². The van der Waals surface area contributed by atoms with Crippen molar-refractivity contribution in [2.75, 3.05) is 31.1 Å². The van der Waals surface area contributed by atoms with Gasteiger partial charge in [0, 0.05) is 35.3 Å². The molecule has 2 atom stereocenters. The molecule has 2 fully saturated rings. The average molecular weight is 821 g/mol. The number of hydrogen-bond acceptors (Lipinski definition) is 11. The molecule has 2 aromatic carbocycles. The number of hydrogen-bond donors (Lipinski definition) is 2. The molecule has 0 radical (unpaired) electrons. The van der Waals surface area contributed by atoms with Gasteiger partial charge >= 0.3 is 24.3 Å². The topological polar surface area (TPSA) is 170 Å². The Kier molecular flexibility index (Phi) is 11.9. The van der Waals surface area contributed by atoms with Crippen LogP contribution in [0.15, 0.2) is 47.6 Å². The molecule has 6 rings (SSSR count). The van der Waals surface area contributed by atoms with Crippen molar-refractivity contribution in [1.29, 1.82) is 0 Å². The number of carbonyl (C=O) groups is 3. The molecule has 2 aromatic heterocycles. The van der Waals surface area contributed by atoms with Crippen molar-refractivity contribution in [2.24, 2.45) is 4.99 Å². The summed E-state index contributed by atoms with van der Waals surface area (Å²) in [6.45, 7) is 16.4. The summed E-state index contributed by atoms with van der Waals surface area (Å²) in [7, 11) is 0. The van der Waals surface area contributed by atoms with Gasteiger partial charge in [-0.2, -0.15) is 9.97 Å². The number of pyridine rings is 1. The van der Waals surface area contributed by atoms with Gasteiger partial charge in [-0.3, -0.25) is 15.2 Å². The number of guanidine groups is 1. The third-order valence-electron chi connectivity index (χ3n) is 8.98. The van der Waals surface area contributed by atoms with Gasteiger partial charge in [0.1, 0.15) is 40.4 Å². The summed E-state index contributed by atoms with van der Waals surface area (Å²) in [6, 6.07) is 10.4. The first-order valence-corrected chi connectivity index (χ1v) is 19.5. The molecule has 0 spiro atoms. The molecule has 2 aliphatic heterocycles. The molecule has 2 saturated heterocycles. The maximum Gasteiger partial charge on any atom is 0.437 e. The van der Waals surface area contributed by atoms with E-state index in [1.165, 1.54) is 0 Å². The molecule has 0 aliphatic carbocycles. The molecule has 15 nitrogen and oxygen atoms in total. The highest BCUT2D eigenvalue weighted by Gasteiger charge is 2.45. The highest BCUT2D eigenvalue weighted by Crippen LogP contribution is 2.39. The summed E-state index contributed by atoms with van der Waals surface area (Å²) in [5.41, 5.74) is -1.79. The zero-order valence-electron chi connectivity index (χ0n) is 34.2. The number of nitrogens with zero attached hydrogens (tertiary/aromatic N) is 6. The third kappa shape index (κ3) is 10.1. The molecule has 17 heteroatoms. The number of ether oxygens (including phenoxy) is 4. The highest BCUT2D eigenvalue weighted by molar-refractivity contribution is 6.36. The van der Waals surface area contributed by atoms with E-state index < -0.39 is 34.8 Å². The molecular weight excluding hydrogens is 771 g/mol. The van der Waals surface area contributed by atoms with E-state index in [0.717, 1.165) is 18.2 Å². The Bertz CT molecular complexity index is 2230. The predicted molar refractivity (Wildman–Crippen MR) is 219 cm³/mol. The van der Waals surface area contributed by atoms with E-state index in [-0.39, 0.29) is 54.5 Å². The van der Waals surface area contributed by atoms with E-state index in [0.29, 0.717) is 40.3 Å². The molecule has 0 saturated carbocycles. The molecule has 4 heterocycles. The Morgan fingerprint density at radius 2 is 1.53 bits per heavy atom. The van der Waals surface area contributed by atoms with Crippen LogP contribution in [0.1, 0.15) is 75.2 Å². The standard InChI is InChI=1S/C41H50ClFN8O7/c1-39(2,3)56-36(52)48-34(49-37(53)57-40(4,5)6)44-18-19-55-35-46-32-27(20-45-31(30(32)43)26-14-10-12-23-13-11-15-28(42)29(23)26)33(47-35)50-21-24-16-17-25(22-50)51(24)38(54)58-41(7,8)9/h10-15,20,24-25H,16-19,21-22H2,1-9H3,(H2,44,48,49,52,53). The first-order valence-electron chi connectivity index (χ1n) is 19.1. The molecule has 2 unspecified atom stereocenters. The second-order valence-electron chi connectivity index (χ2n) is 17.2. The second-order valence-corrected chi connectivity index (χ2v) is 17.6. The summed E-state index contributed by atoms with van der Waals surface area (Å²) in [6.07, 6.45) is 0.920. The van der Waals surface area contributed by atoms with Crippen molar-refractivity contribution in [2.45, 2.75) is 104 Å². The summed E-state index contributed by atoms with van der Waals surface area (Å²) in [5, 5.41) is 7.56. The molecular formula is C41H50ClFN8O7. The van der Waals surface area contributed by atoms with Gasteiger partial charge in [-0.05, 0) is 86.6 Å². The number of piperazine rings is 1. The van der Waals surface area contributed by atoms with Crippen LogP contribution in [0, 0.1) is 5.82 Å². The number of alkyl carbamates (subject to hydrolysis) is 1. The van der Waals surface area contributed by atoms with Gasteiger partial charge in [0.25, 0.3) is 0 Å². The number of aliphatic imine (C=N–C) groups is 1. The number of rotatable bonds is 6. The fourth-order valence-electron chi connectivity index (χ4n) is 6.90. The van der Waals surface area contributed by atoms with Crippen LogP contribution in [0.3, 0.4) is 0 Å². The Morgan fingerprint density at radius 3 is 2.17 bits per heavy atom. The van der Waals surface area contributed by atoms with Crippen LogP contribution in [0.2, 0.25) is 5.02 Å². The first kappa shape index (κ1) is 42.1. The minimum atomic E-state index is -0.942. The van der Waals surface area contributed by atoms with Crippen LogP contribution >= 0.6 is 11.6 Å². The van der Waals surface area contributed by atoms with Gasteiger partial charge in [0.2, 0.25) is 5.96 Å². The number of nitrogens with one attached hydrogen (secondary N) is 2. The van der Waals surface area contributed by atoms with Crippen molar-refractivity contribution >= 4 is 63.3 Å². The van der Waals surface area contributed by atoms with E-state index in [2.05, 4.69) is 25.6 Å². The second kappa shape index (κ2) is 16.4. The summed E-state index contributed by atoms with van der Waals surface area (Å²) in [4.78, 5) is 60.0. The highest BCUT2D eigenvalue weighted by atomic mass is 35.5. The lowest BCUT2D eigenvalue weighted by atomic mass is 10.0. The van der Waals surface area contributed by atoms with Crippen LogP contribution in [0.25, 0.3) is 32.9 Å². The Hall–Kier alpha value is -5.51. The van der Waals surface area contributed by atoms with Gasteiger partial charge in [-0.1, -0.05) is 41.9 Å². The monoisotopic (exact) mass is 820 g/mol. The van der Waals surface area contributed by atoms with Gasteiger partial charge in [-0.25, -0.2) is 18.8 Å². The van der Waals surface area contributed by atoms with E-state index in [9.17, 15) is 14.4 Å². The Labute approximate surface area is 341 Å². The van der Waals surface area contributed by atoms with Crippen LogP contribution in [0.5, 0.6) is 6.01 Å². The van der Waals surface area contributed by atoms with Crippen LogP contribution in [-0.2, 0) is 14.2 Å². The largest absolute Gasteiger partial charge is 0.462 e. The lowest BCUT2D eigenvalue weighted by molar-refractivity contribution is 0.0122. The molecule has 4 aromatic rings. The van der Waals surface area contributed by atoms with Crippen LogP contribution in [0.4, 0.5) is 24.6 Å².